The molecule has 5 nitrogen and oxygen atoms in total. The molecular formula is C16H33N3O2. The van der Waals surface area contributed by atoms with E-state index in [1.165, 1.54) is 0 Å². The lowest BCUT2D eigenvalue weighted by atomic mass is 10.1. The molecule has 0 bridgehead atoms. The Morgan fingerprint density at radius 1 is 0.952 bits per heavy atom. The molecule has 21 heavy (non-hydrogen) atoms. The van der Waals surface area contributed by atoms with E-state index in [-0.39, 0.29) is 17.9 Å². The van der Waals surface area contributed by atoms with E-state index in [0.29, 0.717) is 6.42 Å². The molecular weight excluding hydrogens is 266 g/mol. The fraction of sp³-hybridized carbons (Fsp3) is 0.875. The number of rotatable bonds is 10. The minimum absolute atomic E-state index is 0.0199. The molecule has 0 heterocycles. The summed E-state index contributed by atoms with van der Waals surface area (Å²) in [5, 5.41) is 2.95. The van der Waals surface area contributed by atoms with E-state index < -0.39 is 6.04 Å². The summed E-state index contributed by atoms with van der Waals surface area (Å²) in [5.74, 6) is -0.0630. The van der Waals surface area contributed by atoms with Gasteiger partial charge in [0.1, 0.15) is 6.04 Å². The quantitative estimate of drug-likeness (QED) is 0.627. The van der Waals surface area contributed by atoms with Gasteiger partial charge in [0.2, 0.25) is 11.8 Å². The molecule has 0 radical (unpaired) electrons. The van der Waals surface area contributed by atoms with Gasteiger partial charge in [-0.25, -0.2) is 0 Å². The lowest BCUT2D eigenvalue weighted by molar-refractivity contribution is -0.136. The Morgan fingerprint density at radius 2 is 1.57 bits per heavy atom. The Kier molecular flexibility index (Phi) is 10.0. The molecule has 0 aliphatic carbocycles. The van der Waals surface area contributed by atoms with Crippen LogP contribution in [0.4, 0.5) is 0 Å². The monoisotopic (exact) mass is 299 g/mol. The Labute approximate surface area is 130 Å². The third kappa shape index (κ3) is 7.46. The highest BCUT2D eigenvalue weighted by Crippen LogP contribution is 2.09. The van der Waals surface area contributed by atoms with E-state index in [2.05, 4.69) is 19.2 Å². The molecule has 5 heteroatoms. The molecule has 0 aliphatic heterocycles. The van der Waals surface area contributed by atoms with Crippen molar-refractivity contribution in [3.05, 3.63) is 0 Å². The van der Waals surface area contributed by atoms with Gasteiger partial charge < -0.3 is 10.2 Å². The molecule has 124 valence electrons. The van der Waals surface area contributed by atoms with Crippen LogP contribution in [0, 0.1) is 0 Å². The van der Waals surface area contributed by atoms with Gasteiger partial charge in [-0.2, -0.15) is 0 Å². The number of carbonyl (C=O) groups excluding carboxylic acids is 2. The summed E-state index contributed by atoms with van der Waals surface area (Å²) in [5.41, 5.74) is 0. The van der Waals surface area contributed by atoms with Gasteiger partial charge in [-0.1, -0.05) is 39.5 Å². The van der Waals surface area contributed by atoms with Crippen molar-refractivity contribution in [2.75, 3.05) is 28.2 Å². The molecule has 0 unspecified atom stereocenters. The maximum absolute atomic E-state index is 12.4. The second-order valence-electron chi connectivity index (χ2n) is 6.06. The molecule has 0 rings (SSSR count). The molecule has 2 amide bonds. The number of hydrogen-bond acceptors (Lipinski definition) is 3. The number of likely N-dealkylation sites (N-methyl/N-ethyl adjacent to an activating group) is 2. The minimum Gasteiger partial charge on any atom is -0.347 e. The summed E-state index contributed by atoms with van der Waals surface area (Å²) in [7, 11) is 7.27. The number of carbonyl (C=O) groups is 2. The van der Waals surface area contributed by atoms with Gasteiger partial charge in [-0.05, 0) is 26.9 Å². The van der Waals surface area contributed by atoms with E-state index in [1.807, 2.05) is 19.0 Å². The Bertz CT molecular complexity index is 317. The van der Waals surface area contributed by atoms with E-state index >= 15 is 0 Å². The number of nitrogens with one attached hydrogen (secondary N) is 1. The van der Waals surface area contributed by atoms with Crippen LogP contribution in [0.3, 0.4) is 0 Å². The van der Waals surface area contributed by atoms with Crippen LogP contribution in [0.1, 0.15) is 52.4 Å². The zero-order valence-electron chi connectivity index (χ0n) is 14.6. The van der Waals surface area contributed by atoms with Gasteiger partial charge >= 0.3 is 0 Å². The smallest absolute Gasteiger partial charge is 0.244 e. The van der Waals surface area contributed by atoms with Crippen LogP contribution in [0.5, 0.6) is 0 Å². The first-order valence-electron chi connectivity index (χ1n) is 8.03. The summed E-state index contributed by atoms with van der Waals surface area (Å²) < 4.78 is 0. The Morgan fingerprint density at radius 3 is 2.00 bits per heavy atom. The van der Waals surface area contributed by atoms with Crippen molar-refractivity contribution in [1.29, 1.82) is 0 Å². The van der Waals surface area contributed by atoms with Gasteiger partial charge in [0.15, 0.2) is 0 Å². The molecule has 0 fully saturated rings. The van der Waals surface area contributed by atoms with Crippen LogP contribution in [0.2, 0.25) is 0 Å². The van der Waals surface area contributed by atoms with Gasteiger partial charge in [0.05, 0.1) is 6.04 Å². The van der Waals surface area contributed by atoms with Gasteiger partial charge in [-0.3, -0.25) is 14.5 Å². The second-order valence-corrected chi connectivity index (χ2v) is 6.06. The lowest BCUT2D eigenvalue weighted by Crippen LogP contribution is -2.52. The fourth-order valence-electron chi connectivity index (χ4n) is 2.33. The van der Waals surface area contributed by atoms with Crippen molar-refractivity contribution >= 4 is 11.8 Å². The van der Waals surface area contributed by atoms with E-state index in [1.54, 1.807) is 19.0 Å². The SMILES string of the molecule is CCCCC[C@H](NC(=O)[C@H](CCC)N(C)C)C(=O)N(C)C. The van der Waals surface area contributed by atoms with Crippen molar-refractivity contribution < 1.29 is 9.59 Å². The number of nitrogens with zero attached hydrogens (tertiary/aromatic N) is 2. The van der Waals surface area contributed by atoms with Gasteiger partial charge in [0, 0.05) is 14.1 Å². The van der Waals surface area contributed by atoms with E-state index in [9.17, 15) is 9.59 Å². The first-order valence-corrected chi connectivity index (χ1v) is 8.03. The summed E-state index contributed by atoms with van der Waals surface area (Å²) in [6.07, 6.45) is 5.60. The van der Waals surface area contributed by atoms with Crippen LogP contribution >= 0.6 is 0 Å². The zero-order valence-corrected chi connectivity index (χ0v) is 14.6. The Balaban J connectivity index is 4.76. The Hall–Kier alpha value is -1.10. The first kappa shape index (κ1) is 19.9. The molecule has 0 saturated heterocycles. The maximum atomic E-state index is 12.4. The highest BCUT2D eigenvalue weighted by Gasteiger charge is 2.26. The summed E-state index contributed by atoms with van der Waals surface area (Å²) in [6, 6.07) is -0.572. The molecule has 0 aromatic heterocycles. The predicted octanol–water partition coefficient (Wildman–Crippen LogP) is 1.87. The van der Waals surface area contributed by atoms with Crippen molar-refractivity contribution in [3.63, 3.8) is 0 Å². The highest BCUT2D eigenvalue weighted by molar-refractivity contribution is 5.89. The van der Waals surface area contributed by atoms with Crippen LogP contribution in [-0.2, 0) is 9.59 Å². The van der Waals surface area contributed by atoms with Crippen LogP contribution in [0.15, 0.2) is 0 Å². The predicted molar refractivity (Wildman–Crippen MR) is 87.1 cm³/mol. The lowest BCUT2D eigenvalue weighted by Gasteiger charge is -2.27. The summed E-state index contributed by atoms with van der Waals surface area (Å²) in [4.78, 5) is 28.1. The van der Waals surface area contributed by atoms with Crippen molar-refractivity contribution in [3.8, 4) is 0 Å². The van der Waals surface area contributed by atoms with Crippen molar-refractivity contribution in [2.24, 2.45) is 0 Å². The van der Waals surface area contributed by atoms with Crippen LogP contribution in [0.25, 0.3) is 0 Å². The number of hydrogen-bond donors (Lipinski definition) is 1. The average molecular weight is 299 g/mol. The third-order valence-electron chi connectivity index (χ3n) is 3.64. The molecule has 2 atom stereocenters. The highest BCUT2D eigenvalue weighted by atomic mass is 16.2. The second kappa shape index (κ2) is 10.6. The number of amides is 2. The van der Waals surface area contributed by atoms with Crippen LogP contribution < -0.4 is 5.32 Å². The van der Waals surface area contributed by atoms with E-state index in [0.717, 1.165) is 32.1 Å². The third-order valence-corrected chi connectivity index (χ3v) is 3.64. The standard InChI is InChI=1S/C16H33N3O2/c1-7-9-10-12-13(16(21)19(5)6)17-15(20)14(11-8-2)18(3)4/h13-14H,7-12H2,1-6H3,(H,17,20)/t13-,14-/m0/s1. The average Bonchev–Trinajstić information content (AvgIpc) is 2.42. The van der Waals surface area contributed by atoms with Crippen molar-refractivity contribution in [2.45, 2.75) is 64.5 Å². The topological polar surface area (TPSA) is 52.7 Å². The van der Waals surface area contributed by atoms with Gasteiger partial charge in [-0.15, -0.1) is 0 Å². The maximum Gasteiger partial charge on any atom is 0.244 e. The van der Waals surface area contributed by atoms with Crippen molar-refractivity contribution in [1.82, 2.24) is 15.1 Å². The molecule has 0 spiro atoms. The first-order chi connectivity index (χ1) is 9.84. The molecule has 1 N–H and O–H groups in total. The molecule has 0 aromatic rings. The zero-order chi connectivity index (χ0) is 16.4. The summed E-state index contributed by atoms with van der Waals surface area (Å²) in [6.45, 7) is 4.19. The van der Waals surface area contributed by atoms with E-state index in [4.69, 9.17) is 0 Å². The largest absolute Gasteiger partial charge is 0.347 e. The van der Waals surface area contributed by atoms with Crippen LogP contribution in [-0.4, -0.2) is 61.9 Å². The molecule has 0 aliphatic rings. The molecule has 0 saturated carbocycles. The number of unbranched alkanes of at least 4 members (excludes halogenated alkanes) is 2. The van der Waals surface area contributed by atoms with Gasteiger partial charge in [0.25, 0.3) is 0 Å². The fourth-order valence-corrected chi connectivity index (χ4v) is 2.33. The minimum atomic E-state index is -0.404. The summed E-state index contributed by atoms with van der Waals surface area (Å²) >= 11 is 0. The molecule has 0 aromatic carbocycles. The normalized spacial score (nSPS) is 13.9.